The lowest BCUT2D eigenvalue weighted by Crippen LogP contribution is -2.49. The highest BCUT2D eigenvalue weighted by Crippen LogP contribution is 2.28. The van der Waals surface area contributed by atoms with Crippen LogP contribution in [-0.2, 0) is 13.5 Å². The molecule has 0 spiro atoms. The molecule has 8 nitrogen and oxygen atoms in total. The van der Waals surface area contributed by atoms with E-state index < -0.39 is 0 Å². The first-order valence-electron chi connectivity index (χ1n) is 12.4. The molecule has 1 unspecified atom stereocenters. The van der Waals surface area contributed by atoms with Crippen LogP contribution in [0, 0.1) is 6.92 Å². The lowest BCUT2D eigenvalue weighted by molar-refractivity contribution is 0.482. The van der Waals surface area contributed by atoms with Crippen LogP contribution >= 0.6 is 12.4 Å². The van der Waals surface area contributed by atoms with Gasteiger partial charge in [-0.05, 0) is 67.3 Å². The summed E-state index contributed by atoms with van der Waals surface area (Å²) in [4.78, 5) is 20.5. The average molecular weight is 515 g/mol. The number of anilines is 3. The molecule has 0 radical (unpaired) electrons. The first-order chi connectivity index (χ1) is 17.5. The van der Waals surface area contributed by atoms with E-state index in [0.717, 1.165) is 65.3 Å². The van der Waals surface area contributed by atoms with Crippen LogP contribution in [0.25, 0.3) is 21.9 Å². The number of aryl methyl sites for hydroxylation is 2. The summed E-state index contributed by atoms with van der Waals surface area (Å²) >= 11 is 0. The van der Waals surface area contributed by atoms with Crippen LogP contribution < -0.4 is 15.5 Å². The number of rotatable bonds is 5. The standard InChI is InChI=1S/C28H30N8.ClH/c1-18-10-22(6-5-21(18)11-20-4-7-26-24(12-20)33-17-35(26)3)34-28-23-13-27(30-14-25(23)31-16-32-28)36-9-8-29-19(2)15-36;/h4-7,10,12-14,16-17,19,29H,8-9,11,15H2,1-3H3,(H,31,32,34);1H. The summed E-state index contributed by atoms with van der Waals surface area (Å²) in [5.41, 5.74) is 7.80. The molecule has 0 saturated carbocycles. The Balaban J connectivity index is 0.00000280. The fourth-order valence-electron chi connectivity index (χ4n) is 4.98. The lowest BCUT2D eigenvalue weighted by atomic mass is 9.99. The summed E-state index contributed by atoms with van der Waals surface area (Å²) in [5, 5.41) is 7.98. The van der Waals surface area contributed by atoms with Gasteiger partial charge < -0.3 is 20.1 Å². The van der Waals surface area contributed by atoms with Crippen LogP contribution in [0.1, 0.15) is 23.6 Å². The number of piperazine rings is 1. The van der Waals surface area contributed by atoms with E-state index >= 15 is 0 Å². The predicted molar refractivity (Wildman–Crippen MR) is 152 cm³/mol. The second kappa shape index (κ2) is 10.3. The molecule has 5 aromatic rings. The van der Waals surface area contributed by atoms with Gasteiger partial charge in [-0.15, -0.1) is 12.4 Å². The number of benzene rings is 2. The van der Waals surface area contributed by atoms with Crippen molar-refractivity contribution in [1.82, 2.24) is 29.8 Å². The molecule has 4 heterocycles. The molecule has 0 amide bonds. The highest BCUT2D eigenvalue weighted by molar-refractivity contribution is 5.92. The number of imidazole rings is 1. The maximum atomic E-state index is 4.67. The molecule has 6 rings (SSSR count). The van der Waals surface area contributed by atoms with E-state index in [2.05, 4.69) is 91.8 Å². The summed E-state index contributed by atoms with van der Waals surface area (Å²) in [5.74, 6) is 1.75. The summed E-state index contributed by atoms with van der Waals surface area (Å²) in [6.45, 7) is 7.19. The third-order valence-electron chi connectivity index (χ3n) is 6.99. The Morgan fingerprint density at radius 1 is 1.03 bits per heavy atom. The fraction of sp³-hybridized carbons (Fsp3) is 0.286. The van der Waals surface area contributed by atoms with Gasteiger partial charge in [0.2, 0.25) is 0 Å². The number of hydrogen-bond donors (Lipinski definition) is 2. The van der Waals surface area contributed by atoms with Crippen LogP contribution in [0.3, 0.4) is 0 Å². The van der Waals surface area contributed by atoms with Gasteiger partial charge in [-0.1, -0.05) is 12.1 Å². The van der Waals surface area contributed by atoms with Gasteiger partial charge in [0.05, 0.1) is 29.1 Å². The SMILES string of the molecule is Cc1cc(Nc2ncnc3cnc(N4CCNC(C)C4)cc23)ccc1Cc1ccc2c(c1)ncn2C.Cl. The Morgan fingerprint density at radius 3 is 2.76 bits per heavy atom. The Hall–Kier alpha value is -3.75. The van der Waals surface area contributed by atoms with Crippen molar-refractivity contribution in [3.8, 4) is 0 Å². The van der Waals surface area contributed by atoms with E-state index in [-0.39, 0.29) is 12.4 Å². The van der Waals surface area contributed by atoms with Gasteiger partial charge in [-0.2, -0.15) is 0 Å². The highest BCUT2D eigenvalue weighted by atomic mass is 35.5. The van der Waals surface area contributed by atoms with Crippen LogP contribution in [0.2, 0.25) is 0 Å². The third-order valence-corrected chi connectivity index (χ3v) is 6.99. The minimum atomic E-state index is 0. The van der Waals surface area contributed by atoms with E-state index in [4.69, 9.17) is 0 Å². The van der Waals surface area contributed by atoms with Crippen molar-refractivity contribution in [2.45, 2.75) is 26.3 Å². The molecular formula is C28H31ClN8. The number of fused-ring (bicyclic) bond motifs is 2. The topological polar surface area (TPSA) is 83.8 Å². The van der Waals surface area contributed by atoms with E-state index in [0.29, 0.717) is 6.04 Å². The Morgan fingerprint density at radius 2 is 1.92 bits per heavy atom. The quantitative estimate of drug-likeness (QED) is 0.349. The highest BCUT2D eigenvalue weighted by Gasteiger charge is 2.18. The van der Waals surface area contributed by atoms with Crippen molar-refractivity contribution >= 4 is 51.7 Å². The maximum Gasteiger partial charge on any atom is 0.141 e. The molecule has 2 N–H and O–H groups in total. The van der Waals surface area contributed by atoms with Crippen molar-refractivity contribution in [1.29, 1.82) is 0 Å². The van der Waals surface area contributed by atoms with Gasteiger partial charge in [0.15, 0.2) is 0 Å². The van der Waals surface area contributed by atoms with Gasteiger partial charge in [-0.3, -0.25) is 0 Å². The molecule has 37 heavy (non-hydrogen) atoms. The number of pyridine rings is 1. The van der Waals surface area contributed by atoms with E-state index in [9.17, 15) is 0 Å². The van der Waals surface area contributed by atoms with Crippen molar-refractivity contribution in [3.63, 3.8) is 0 Å². The smallest absolute Gasteiger partial charge is 0.141 e. The number of hydrogen-bond acceptors (Lipinski definition) is 7. The zero-order valence-electron chi connectivity index (χ0n) is 21.3. The largest absolute Gasteiger partial charge is 0.354 e. The van der Waals surface area contributed by atoms with Crippen molar-refractivity contribution < 1.29 is 0 Å². The van der Waals surface area contributed by atoms with Crippen molar-refractivity contribution in [2.24, 2.45) is 7.05 Å². The summed E-state index contributed by atoms with van der Waals surface area (Å²) in [6.07, 6.45) is 6.17. The molecule has 1 atom stereocenters. The first-order valence-corrected chi connectivity index (χ1v) is 12.4. The van der Waals surface area contributed by atoms with Crippen LogP contribution in [0.5, 0.6) is 0 Å². The van der Waals surface area contributed by atoms with Gasteiger partial charge >= 0.3 is 0 Å². The van der Waals surface area contributed by atoms with Crippen molar-refractivity contribution in [2.75, 3.05) is 29.9 Å². The molecule has 1 fully saturated rings. The minimum absolute atomic E-state index is 0. The molecule has 0 aliphatic carbocycles. The van der Waals surface area contributed by atoms with E-state index in [1.54, 1.807) is 6.33 Å². The second-order valence-electron chi connectivity index (χ2n) is 9.70. The first kappa shape index (κ1) is 24.9. The zero-order valence-corrected chi connectivity index (χ0v) is 22.1. The van der Waals surface area contributed by atoms with Crippen LogP contribution in [0.4, 0.5) is 17.3 Å². The molecule has 190 valence electrons. The minimum Gasteiger partial charge on any atom is -0.354 e. The fourth-order valence-corrected chi connectivity index (χ4v) is 4.98. The van der Waals surface area contributed by atoms with E-state index in [1.807, 2.05) is 24.1 Å². The molecule has 1 saturated heterocycles. The predicted octanol–water partition coefficient (Wildman–Crippen LogP) is 4.77. The lowest BCUT2D eigenvalue weighted by Gasteiger charge is -2.32. The number of nitrogens with one attached hydrogen (secondary N) is 2. The van der Waals surface area contributed by atoms with Crippen molar-refractivity contribution in [3.05, 3.63) is 78.0 Å². The Bertz CT molecular complexity index is 1560. The normalized spacial score (nSPS) is 15.6. The summed E-state index contributed by atoms with van der Waals surface area (Å²) in [7, 11) is 2.02. The Kier molecular flexibility index (Phi) is 6.95. The maximum absolute atomic E-state index is 4.67. The molecule has 9 heteroatoms. The monoisotopic (exact) mass is 514 g/mol. The molecule has 0 bridgehead atoms. The molecule has 1 aliphatic rings. The molecular weight excluding hydrogens is 484 g/mol. The van der Waals surface area contributed by atoms with E-state index in [1.165, 1.54) is 16.7 Å². The van der Waals surface area contributed by atoms with Gasteiger partial charge in [0, 0.05) is 43.8 Å². The van der Waals surface area contributed by atoms with Crippen LogP contribution in [-0.4, -0.2) is 50.2 Å². The molecule has 3 aromatic heterocycles. The second-order valence-corrected chi connectivity index (χ2v) is 9.70. The Labute approximate surface area is 222 Å². The number of aromatic nitrogens is 5. The zero-order chi connectivity index (χ0) is 24.6. The van der Waals surface area contributed by atoms with Gasteiger partial charge in [0.25, 0.3) is 0 Å². The average Bonchev–Trinajstić information content (AvgIpc) is 3.25. The number of halogens is 1. The summed E-state index contributed by atoms with van der Waals surface area (Å²) in [6, 6.07) is 15.6. The summed E-state index contributed by atoms with van der Waals surface area (Å²) < 4.78 is 2.05. The molecule has 2 aromatic carbocycles. The van der Waals surface area contributed by atoms with Crippen LogP contribution in [0.15, 0.2) is 61.3 Å². The molecule has 1 aliphatic heterocycles. The third kappa shape index (κ3) is 5.08. The van der Waals surface area contributed by atoms with Gasteiger partial charge in [-0.25, -0.2) is 19.9 Å². The van der Waals surface area contributed by atoms with Gasteiger partial charge in [0.1, 0.15) is 18.0 Å². The number of nitrogens with zero attached hydrogens (tertiary/aromatic N) is 6.